The van der Waals surface area contributed by atoms with E-state index in [1.165, 1.54) is 0 Å². The van der Waals surface area contributed by atoms with E-state index in [-0.39, 0.29) is 17.6 Å². The SMILES string of the molecule is Cn1nc2c(c1C(=O)N1CCCC(C(=O)c3ccc4ccccc4c3)C1)CCCC2. The second kappa shape index (κ2) is 7.71. The molecule has 1 atom stereocenters. The first-order valence-corrected chi connectivity index (χ1v) is 11.0. The Labute approximate surface area is 176 Å². The molecular weight excluding hydrogens is 374 g/mol. The molecule has 3 aromatic rings. The summed E-state index contributed by atoms with van der Waals surface area (Å²) < 4.78 is 1.76. The Hall–Kier alpha value is -2.95. The van der Waals surface area contributed by atoms with Gasteiger partial charge in [0.15, 0.2) is 5.78 Å². The smallest absolute Gasteiger partial charge is 0.272 e. The van der Waals surface area contributed by atoms with Crippen LogP contribution in [0, 0.1) is 5.92 Å². The number of aromatic nitrogens is 2. The number of likely N-dealkylation sites (tertiary alicyclic amines) is 1. The molecule has 30 heavy (non-hydrogen) atoms. The Morgan fingerprint density at radius 1 is 1.00 bits per heavy atom. The standard InChI is InChI=1S/C25H27N3O2/c1-27-23(21-10-4-5-11-22(21)26-27)25(30)28-14-6-9-20(16-28)24(29)19-13-12-17-7-2-3-8-18(17)15-19/h2-3,7-8,12-13,15,20H,4-6,9-11,14,16H2,1H3. The number of ketones is 1. The number of piperidine rings is 1. The summed E-state index contributed by atoms with van der Waals surface area (Å²) in [4.78, 5) is 28.5. The van der Waals surface area contributed by atoms with Gasteiger partial charge in [0.25, 0.3) is 5.91 Å². The van der Waals surface area contributed by atoms with Gasteiger partial charge >= 0.3 is 0 Å². The monoisotopic (exact) mass is 401 g/mol. The van der Waals surface area contributed by atoms with E-state index in [4.69, 9.17) is 0 Å². The van der Waals surface area contributed by atoms with Gasteiger partial charge in [-0.15, -0.1) is 0 Å². The molecule has 5 heteroatoms. The van der Waals surface area contributed by atoms with Crippen LogP contribution in [0.2, 0.25) is 0 Å². The highest BCUT2D eigenvalue weighted by Gasteiger charge is 2.33. The van der Waals surface area contributed by atoms with E-state index in [1.807, 2.05) is 48.3 Å². The van der Waals surface area contributed by atoms with Gasteiger partial charge in [0, 0.05) is 37.2 Å². The molecule has 0 saturated carbocycles. The van der Waals surface area contributed by atoms with Crippen molar-refractivity contribution in [1.29, 1.82) is 0 Å². The van der Waals surface area contributed by atoms with E-state index in [0.29, 0.717) is 13.1 Å². The molecule has 5 rings (SSSR count). The summed E-state index contributed by atoms with van der Waals surface area (Å²) in [5, 5.41) is 6.81. The van der Waals surface area contributed by atoms with Crippen LogP contribution in [0.1, 0.15) is 57.8 Å². The van der Waals surface area contributed by atoms with Crippen LogP contribution in [0.4, 0.5) is 0 Å². The molecule has 2 aliphatic rings. The van der Waals surface area contributed by atoms with Gasteiger partial charge < -0.3 is 4.90 Å². The Morgan fingerprint density at radius 2 is 1.80 bits per heavy atom. The lowest BCUT2D eigenvalue weighted by Gasteiger charge is -2.32. The fourth-order valence-corrected chi connectivity index (χ4v) is 5.05. The number of carbonyl (C=O) groups excluding carboxylic acids is 2. The van der Waals surface area contributed by atoms with Crippen molar-refractivity contribution in [2.24, 2.45) is 13.0 Å². The molecule has 1 unspecified atom stereocenters. The average Bonchev–Trinajstić information content (AvgIpc) is 3.13. The van der Waals surface area contributed by atoms with Gasteiger partial charge in [-0.25, -0.2) is 0 Å². The van der Waals surface area contributed by atoms with Crippen LogP contribution in [0.15, 0.2) is 42.5 Å². The summed E-state index contributed by atoms with van der Waals surface area (Å²) in [5.74, 6) is 0.0300. The minimum Gasteiger partial charge on any atom is -0.337 e. The van der Waals surface area contributed by atoms with Gasteiger partial charge in [-0.3, -0.25) is 14.3 Å². The summed E-state index contributed by atoms with van der Waals surface area (Å²) in [6, 6.07) is 14.0. The van der Waals surface area contributed by atoms with Crippen molar-refractivity contribution < 1.29 is 9.59 Å². The highest BCUT2D eigenvalue weighted by atomic mass is 16.2. The third-order valence-electron chi connectivity index (χ3n) is 6.63. The van der Waals surface area contributed by atoms with Crippen LogP contribution in [-0.2, 0) is 19.9 Å². The van der Waals surface area contributed by atoms with Gasteiger partial charge in [-0.1, -0.05) is 36.4 Å². The molecule has 1 saturated heterocycles. The van der Waals surface area contributed by atoms with Gasteiger partial charge in [0.05, 0.1) is 5.69 Å². The average molecular weight is 402 g/mol. The first kappa shape index (κ1) is 19.0. The van der Waals surface area contributed by atoms with E-state index in [1.54, 1.807) is 4.68 Å². The highest BCUT2D eigenvalue weighted by molar-refractivity contribution is 6.02. The number of carbonyl (C=O) groups is 2. The number of amides is 1. The largest absolute Gasteiger partial charge is 0.337 e. The molecule has 2 heterocycles. The summed E-state index contributed by atoms with van der Waals surface area (Å²) >= 11 is 0. The maximum Gasteiger partial charge on any atom is 0.272 e. The van der Waals surface area contributed by atoms with Crippen molar-refractivity contribution in [3.05, 3.63) is 65.0 Å². The minimum absolute atomic E-state index is 0.0316. The lowest BCUT2D eigenvalue weighted by molar-refractivity contribution is 0.0627. The Kier molecular flexibility index (Phi) is 4.89. The summed E-state index contributed by atoms with van der Waals surface area (Å²) in [7, 11) is 1.87. The zero-order chi connectivity index (χ0) is 20.7. The van der Waals surface area contributed by atoms with Crippen LogP contribution in [-0.4, -0.2) is 39.5 Å². The quantitative estimate of drug-likeness (QED) is 0.619. The molecular formula is C25H27N3O2. The van der Waals surface area contributed by atoms with Crippen molar-refractivity contribution in [2.75, 3.05) is 13.1 Å². The van der Waals surface area contributed by atoms with E-state index < -0.39 is 0 Å². The predicted octanol–water partition coefficient (Wildman–Crippen LogP) is 4.19. The van der Waals surface area contributed by atoms with Crippen molar-refractivity contribution in [3.8, 4) is 0 Å². The fourth-order valence-electron chi connectivity index (χ4n) is 5.05. The number of aryl methyl sites for hydroxylation is 2. The molecule has 0 spiro atoms. The second-order valence-electron chi connectivity index (χ2n) is 8.62. The van der Waals surface area contributed by atoms with Gasteiger partial charge in [-0.05, 0) is 55.4 Å². The number of hydrogen-bond donors (Lipinski definition) is 0. The maximum absolute atomic E-state index is 13.4. The summed E-state index contributed by atoms with van der Waals surface area (Å²) in [6.07, 6.45) is 5.83. The van der Waals surface area contributed by atoms with Crippen LogP contribution < -0.4 is 0 Å². The van der Waals surface area contributed by atoms with E-state index in [0.717, 1.165) is 71.8 Å². The van der Waals surface area contributed by atoms with E-state index in [9.17, 15) is 9.59 Å². The molecule has 1 fully saturated rings. The molecule has 1 aliphatic carbocycles. The fraction of sp³-hybridized carbons (Fsp3) is 0.400. The Morgan fingerprint density at radius 3 is 2.67 bits per heavy atom. The molecule has 1 aliphatic heterocycles. The molecule has 0 N–H and O–H groups in total. The molecule has 154 valence electrons. The molecule has 0 radical (unpaired) electrons. The number of nitrogens with zero attached hydrogens (tertiary/aromatic N) is 3. The molecule has 1 amide bonds. The van der Waals surface area contributed by atoms with E-state index in [2.05, 4.69) is 11.2 Å². The third kappa shape index (κ3) is 3.32. The van der Waals surface area contributed by atoms with Crippen LogP contribution in [0.3, 0.4) is 0 Å². The molecule has 1 aromatic heterocycles. The normalized spacial score (nSPS) is 19.0. The first-order chi connectivity index (χ1) is 14.6. The maximum atomic E-state index is 13.4. The highest BCUT2D eigenvalue weighted by Crippen LogP contribution is 2.28. The van der Waals surface area contributed by atoms with Gasteiger partial charge in [-0.2, -0.15) is 5.10 Å². The number of hydrogen-bond acceptors (Lipinski definition) is 3. The molecule has 0 bridgehead atoms. The lowest BCUT2D eigenvalue weighted by atomic mass is 9.88. The van der Waals surface area contributed by atoms with Crippen LogP contribution in [0.5, 0.6) is 0 Å². The van der Waals surface area contributed by atoms with Crippen molar-refractivity contribution in [2.45, 2.75) is 38.5 Å². The van der Waals surface area contributed by atoms with Crippen molar-refractivity contribution >= 4 is 22.5 Å². The number of Topliss-reactive ketones (excluding diaryl/α,β-unsaturated/α-hetero) is 1. The van der Waals surface area contributed by atoms with Crippen molar-refractivity contribution in [1.82, 2.24) is 14.7 Å². The van der Waals surface area contributed by atoms with Gasteiger partial charge in [0.1, 0.15) is 5.69 Å². The minimum atomic E-state index is -0.145. The van der Waals surface area contributed by atoms with Crippen LogP contribution >= 0.6 is 0 Å². The summed E-state index contributed by atoms with van der Waals surface area (Å²) in [5.41, 5.74) is 3.67. The first-order valence-electron chi connectivity index (χ1n) is 11.0. The lowest BCUT2D eigenvalue weighted by Crippen LogP contribution is -2.43. The predicted molar refractivity (Wildman–Crippen MR) is 117 cm³/mol. The number of fused-ring (bicyclic) bond motifs is 2. The Bertz CT molecular complexity index is 1130. The number of rotatable bonds is 3. The number of benzene rings is 2. The topological polar surface area (TPSA) is 55.2 Å². The van der Waals surface area contributed by atoms with Crippen LogP contribution in [0.25, 0.3) is 10.8 Å². The van der Waals surface area contributed by atoms with Crippen molar-refractivity contribution in [3.63, 3.8) is 0 Å². The second-order valence-corrected chi connectivity index (χ2v) is 8.62. The molecule has 5 nitrogen and oxygen atoms in total. The zero-order valence-corrected chi connectivity index (χ0v) is 17.4. The zero-order valence-electron chi connectivity index (χ0n) is 17.4. The Balaban J connectivity index is 1.37. The van der Waals surface area contributed by atoms with E-state index >= 15 is 0 Å². The molecule has 2 aromatic carbocycles. The third-order valence-corrected chi connectivity index (χ3v) is 6.63. The summed E-state index contributed by atoms with van der Waals surface area (Å²) in [6.45, 7) is 1.20. The van der Waals surface area contributed by atoms with Gasteiger partial charge in [0.2, 0.25) is 0 Å².